The number of fused-ring (bicyclic) bond motifs is 2. The number of hydrogen-bond acceptors (Lipinski definition) is 8. The predicted octanol–water partition coefficient (Wildman–Crippen LogP) is 6.78. The first-order valence-corrected chi connectivity index (χ1v) is 17.0. The maximum atomic E-state index is 15.6. The van der Waals surface area contributed by atoms with Crippen LogP contribution in [0.15, 0.2) is 30.3 Å². The van der Waals surface area contributed by atoms with Crippen molar-refractivity contribution >= 4 is 33.5 Å². The van der Waals surface area contributed by atoms with Crippen LogP contribution < -0.4 is 9.47 Å². The van der Waals surface area contributed by atoms with Gasteiger partial charge in [0.05, 0.1) is 10.8 Å². The van der Waals surface area contributed by atoms with Crippen LogP contribution in [0.1, 0.15) is 78.8 Å². The number of alkyl halides is 6. The summed E-state index contributed by atoms with van der Waals surface area (Å²) in [7, 11) is -4.86. The Morgan fingerprint density at radius 2 is 1.52 bits per heavy atom. The number of carbonyl (C=O) groups is 2. The Morgan fingerprint density at radius 1 is 0.896 bits per heavy atom. The maximum absolute atomic E-state index is 15.6. The Kier molecular flexibility index (Phi) is 9.02. The molecule has 9 nitrogen and oxygen atoms in total. The highest BCUT2D eigenvalue weighted by molar-refractivity contribution is 7.90. The Hall–Kier alpha value is -3.31. The monoisotopic (exact) mass is 728 g/mol. The average molecular weight is 729 g/mol. The molecule has 2 saturated heterocycles. The molecule has 6 rings (SSSR count). The topological polar surface area (TPSA) is 102 Å². The van der Waals surface area contributed by atoms with Gasteiger partial charge >= 0.3 is 24.4 Å². The summed E-state index contributed by atoms with van der Waals surface area (Å²) < 4.78 is 128. The predicted molar refractivity (Wildman–Crippen MR) is 153 cm³/mol. The summed E-state index contributed by atoms with van der Waals surface area (Å²) in [6.45, 7) is 0.243. The van der Waals surface area contributed by atoms with E-state index < -0.39 is 61.3 Å². The first-order valence-electron chi connectivity index (χ1n) is 15.1. The second-order valence-corrected chi connectivity index (χ2v) is 14.9. The number of rotatable bonds is 9. The molecule has 2 aromatic carbocycles. The standard InChI is InChI=1S/C30H28ClF7N2O7S/c31-17-8-20(12-22(9-17)46-30(36,37)38)45-21-10-18-3-4-19(11-21)39(18)14-16-7-26(32)25(13-24(16)15-1-2-15)27(41)40(47-28(42)29(33,34)35)48(43,44)23-5-6-23/h7-9,12-13,15,18-19,21,23H,1-6,10-11,14H2. The second kappa shape index (κ2) is 12.5. The molecule has 2 aliphatic carbocycles. The normalized spacial score (nSPS) is 23.1. The number of amides is 1. The highest BCUT2D eigenvalue weighted by Gasteiger charge is 2.50. The minimum Gasteiger partial charge on any atom is -0.490 e. The number of carbonyl (C=O) groups excluding carboxylic acids is 2. The molecule has 18 heteroatoms. The van der Waals surface area contributed by atoms with Crippen molar-refractivity contribution in [3.05, 3.63) is 57.9 Å². The number of nitrogens with zero attached hydrogens (tertiary/aromatic N) is 2. The van der Waals surface area contributed by atoms with Gasteiger partial charge in [-0.25, -0.2) is 17.6 Å². The van der Waals surface area contributed by atoms with Crippen LogP contribution in [0.25, 0.3) is 0 Å². The summed E-state index contributed by atoms with van der Waals surface area (Å²) in [6, 6.07) is 5.59. The van der Waals surface area contributed by atoms with Crippen LogP contribution in [-0.2, 0) is 26.2 Å². The van der Waals surface area contributed by atoms with E-state index in [0.717, 1.165) is 37.1 Å². The van der Waals surface area contributed by atoms with Gasteiger partial charge in [0, 0.05) is 29.7 Å². The van der Waals surface area contributed by atoms with Crippen molar-refractivity contribution in [2.24, 2.45) is 0 Å². The van der Waals surface area contributed by atoms with Gasteiger partial charge in [-0.05, 0) is 92.7 Å². The lowest BCUT2D eigenvalue weighted by Gasteiger charge is -2.39. The molecule has 2 atom stereocenters. The van der Waals surface area contributed by atoms with E-state index in [-0.39, 0.29) is 54.3 Å². The quantitative estimate of drug-likeness (QED) is 0.206. The van der Waals surface area contributed by atoms with E-state index in [4.69, 9.17) is 16.3 Å². The van der Waals surface area contributed by atoms with Gasteiger partial charge in [0.1, 0.15) is 23.4 Å². The molecule has 2 heterocycles. The molecule has 2 unspecified atom stereocenters. The van der Waals surface area contributed by atoms with Crippen molar-refractivity contribution in [3.8, 4) is 11.5 Å². The van der Waals surface area contributed by atoms with Gasteiger partial charge in [-0.15, -0.1) is 13.2 Å². The third-order valence-corrected chi connectivity index (χ3v) is 11.0. The van der Waals surface area contributed by atoms with E-state index in [1.54, 1.807) is 0 Å². The molecule has 4 aliphatic rings. The van der Waals surface area contributed by atoms with Gasteiger partial charge in [0.2, 0.25) is 0 Å². The zero-order chi connectivity index (χ0) is 34.8. The fraction of sp³-hybridized carbons (Fsp3) is 0.533. The summed E-state index contributed by atoms with van der Waals surface area (Å²) >= 11 is 5.98. The van der Waals surface area contributed by atoms with Crippen molar-refractivity contribution < 1.29 is 63.1 Å². The number of hydroxylamine groups is 1. The molecule has 0 radical (unpaired) electrons. The van der Waals surface area contributed by atoms with Crippen molar-refractivity contribution in [3.63, 3.8) is 0 Å². The Labute approximate surface area is 274 Å². The van der Waals surface area contributed by atoms with Gasteiger partial charge < -0.3 is 14.3 Å². The van der Waals surface area contributed by atoms with Gasteiger partial charge in [-0.2, -0.15) is 13.2 Å². The molecule has 0 N–H and O–H groups in total. The number of piperidine rings is 1. The Morgan fingerprint density at radius 3 is 2.08 bits per heavy atom. The fourth-order valence-corrected chi connectivity index (χ4v) is 8.13. The van der Waals surface area contributed by atoms with E-state index in [2.05, 4.69) is 14.5 Å². The van der Waals surface area contributed by atoms with E-state index in [1.807, 2.05) is 0 Å². The summed E-state index contributed by atoms with van der Waals surface area (Å²) in [4.78, 5) is 31.0. The number of hydrogen-bond donors (Lipinski definition) is 0. The van der Waals surface area contributed by atoms with Crippen LogP contribution >= 0.6 is 11.6 Å². The zero-order valence-corrected chi connectivity index (χ0v) is 26.4. The SMILES string of the molecule is O=C(c1cc(C2CC2)c(CN2C3CCC2CC(Oc2cc(Cl)cc(OC(F)(F)F)c2)C3)cc1F)N(OC(=O)C(F)(F)F)S(=O)(=O)C1CC1. The van der Waals surface area contributed by atoms with Gasteiger partial charge in [0.25, 0.3) is 10.0 Å². The van der Waals surface area contributed by atoms with Crippen LogP contribution in [0.3, 0.4) is 0 Å². The molecule has 4 fully saturated rings. The second-order valence-electron chi connectivity index (χ2n) is 12.4. The molecule has 2 aliphatic heterocycles. The first-order chi connectivity index (χ1) is 22.4. The third-order valence-electron chi connectivity index (χ3n) is 8.79. The Balaban J connectivity index is 1.20. The largest absolute Gasteiger partial charge is 0.573 e. The van der Waals surface area contributed by atoms with Crippen molar-refractivity contribution in [1.82, 2.24) is 9.37 Å². The van der Waals surface area contributed by atoms with Crippen LogP contribution in [0.2, 0.25) is 5.02 Å². The van der Waals surface area contributed by atoms with E-state index in [0.29, 0.717) is 36.8 Å². The summed E-state index contributed by atoms with van der Waals surface area (Å²) in [5, 5.41) is -1.25. The molecule has 262 valence electrons. The van der Waals surface area contributed by atoms with E-state index in [9.17, 15) is 44.3 Å². The number of benzene rings is 2. The highest BCUT2D eigenvalue weighted by atomic mass is 35.5. The van der Waals surface area contributed by atoms with E-state index in [1.165, 1.54) is 6.07 Å². The summed E-state index contributed by atoms with van der Waals surface area (Å²) in [5.41, 5.74) is 0.195. The number of halogens is 8. The number of sulfonamides is 1. The summed E-state index contributed by atoms with van der Waals surface area (Å²) in [5.74, 6) is -6.39. The summed E-state index contributed by atoms with van der Waals surface area (Å²) in [6.07, 6.45) is -6.96. The lowest BCUT2D eigenvalue weighted by atomic mass is 9.95. The smallest absolute Gasteiger partial charge is 0.490 e. The van der Waals surface area contributed by atoms with Gasteiger partial charge in [-0.1, -0.05) is 16.1 Å². The Bertz CT molecular complexity index is 1700. The maximum Gasteiger partial charge on any atom is 0.573 e. The van der Waals surface area contributed by atoms with Gasteiger partial charge in [0.15, 0.2) is 0 Å². The lowest BCUT2D eigenvalue weighted by molar-refractivity contribution is -0.274. The lowest BCUT2D eigenvalue weighted by Crippen LogP contribution is -2.46. The van der Waals surface area contributed by atoms with Crippen molar-refractivity contribution in [1.29, 1.82) is 0 Å². The molecule has 48 heavy (non-hydrogen) atoms. The van der Waals surface area contributed by atoms with Crippen molar-refractivity contribution in [2.75, 3.05) is 0 Å². The average Bonchev–Trinajstić information content (AvgIpc) is 3.87. The van der Waals surface area contributed by atoms with Crippen LogP contribution in [0.4, 0.5) is 30.7 Å². The van der Waals surface area contributed by atoms with E-state index >= 15 is 4.39 Å². The molecule has 0 spiro atoms. The third kappa shape index (κ3) is 7.62. The molecular weight excluding hydrogens is 701 g/mol. The van der Waals surface area contributed by atoms with Crippen molar-refractivity contribution in [2.45, 2.75) is 99.8 Å². The molecule has 2 aromatic rings. The van der Waals surface area contributed by atoms with Gasteiger partial charge in [-0.3, -0.25) is 9.69 Å². The minimum atomic E-state index is -5.62. The number of ether oxygens (including phenoxy) is 2. The van der Waals surface area contributed by atoms with Crippen LogP contribution in [0.5, 0.6) is 11.5 Å². The minimum absolute atomic E-state index is 0.00417. The molecule has 2 bridgehead atoms. The molecule has 0 aromatic heterocycles. The van der Waals surface area contributed by atoms with Crippen LogP contribution in [0, 0.1) is 5.82 Å². The highest BCUT2D eigenvalue weighted by Crippen LogP contribution is 2.45. The zero-order valence-electron chi connectivity index (χ0n) is 24.8. The molecular formula is C30H28ClF7N2O7S. The molecule has 2 saturated carbocycles. The fourth-order valence-electron chi connectivity index (χ4n) is 6.41. The van der Waals surface area contributed by atoms with Crippen LogP contribution in [-0.4, -0.2) is 65.6 Å². The molecule has 1 amide bonds. The first kappa shape index (κ1) is 34.5.